The van der Waals surface area contributed by atoms with Gasteiger partial charge in [0, 0.05) is 25.0 Å². The average molecular weight is 220 g/mol. The van der Waals surface area contributed by atoms with E-state index in [1.165, 1.54) is 32.1 Å². The number of nitrogens with zero attached hydrogens (tertiary/aromatic N) is 2. The van der Waals surface area contributed by atoms with Crippen LogP contribution in [0.15, 0.2) is 0 Å². The van der Waals surface area contributed by atoms with Gasteiger partial charge in [0.25, 0.3) is 0 Å². The molecule has 0 heterocycles. The van der Waals surface area contributed by atoms with Crippen LogP contribution in [-0.4, -0.2) is 23.5 Å². The van der Waals surface area contributed by atoms with Crippen LogP contribution in [0.4, 0.5) is 0 Å². The van der Waals surface area contributed by atoms with Crippen molar-refractivity contribution in [2.45, 2.75) is 64.5 Å². The fourth-order valence-electron chi connectivity index (χ4n) is 3.07. The maximum atomic E-state index is 8.73. The normalized spacial score (nSPS) is 35.0. The first-order valence-corrected chi connectivity index (χ1v) is 6.85. The standard InChI is InChI=1S/C14H24N2/c1-11-4-5-14(10-12(11)2)16(9-3-8-15)13-6-7-13/h11-14H,3-7,9-10H2,1-2H3. The summed E-state index contributed by atoms with van der Waals surface area (Å²) < 4.78 is 0. The number of hydrogen-bond acceptors (Lipinski definition) is 2. The lowest BCUT2D eigenvalue weighted by Gasteiger charge is -2.39. The Hall–Kier alpha value is -0.550. The van der Waals surface area contributed by atoms with Crippen LogP contribution < -0.4 is 0 Å². The molecule has 0 aromatic rings. The van der Waals surface area contributed by atoms with Gasteiger partial charge < -0.3 is 0 Å². The highest BCUT2D eigenvalue weighted by atomic mass is 15.2. The Labute approximate surface area is 99.6 Å². The molecule has 2 aliphatic rings. The molecule has 16 heavy (non-hydrogen) atoms. The van der Waals surface area contributed by atoms with Crippen LogP contribution in [0.5, 0.6) is 0 Å². The molecule has 0 radical (unpaired) electrons. The van der Waals surface area contributed by atoms with Gasteiger partial charge in [-0.2, -0.15) is 5.26 Å². The molecule has 0 aromatic carbocycles. The van der Waals surface area contributed by atoms with Gasteiger partial charge in [0.15, 0.2) is 0 Å². The van der Waals surface area contributed by atoms with E-state index in [1.54, 1.807) is 0 Å². The van der Waals surface area contributed by atoms with Crippen LogP contribution in [0.3, 0.4) is 0 Å². The highest BCUT2D eigenvalue weighted by Gasteiger charge is 2.36. The third-order valence-corrected chi connectivity index (χ3v) is 4.54. The lowest BCUT2D eigenvalue weighted by atomic mass is 9.78. The van der Waals surface area contributed by atoms with Crippen molar-refractivity contribution in [3.8, 4) is 6.07 Å². The molecule has 3 atom stereocenters. The Bertz CT molecular complexity index is 264. The molecule has 0 amide bonds. The van der Waals surface area contributed by atoms with E-state index in [0.717, 1.165) is 30.5 Å². The van der Waals surface area contributed by atoms with Gasteiger partial charge in [-0.05, 0) is 43.9 Å². The summed E-state index contributed by atoms with van der Waals surface area (Å²) in [4.78, 5) is 2.64. The van der Waals surface area contributed by atoms with Crippen molar-refractivity contribution < 1.29 is 0 Å². The Morgan fingerprint density at radius 2 is 1.75 bits per heavy atom. The molecular formula is C14H24N2. The van der Waals surface area contributed by atoms with Crippen molar-refractivity contribution in [1.82, 2.24) is 4.90 Å². The Kier molecular flexibility index (Phi) is 3.86. The van der Waals surface area contributed by atoms with Crippen molar-refractivity contribution in [3.63, 3.8) is 0 Å². The third kappa shape index (κ3) is 2.77. The number of nitriles is 1. The summed E-state index contributed by atoms with van der Waals surface area (Å²) in [7, 11) is 0. The van der Waals surface area contributed by atoms with E-state index >= 15 is 0 Å². The molecule has 0 spiro atoms. The smallest absolute Gasteiger partial charge is 0.0635 e. The molecule has 2 saturated carbocycles. The van der Waals surface area contributed by atoms with Gasteiger partial charge in [-0.15, -0.1) is 0 Å². The summed E-state index contributed by atoms with van der Waals surface area (Å²) >= 11 is 0. The van der Waals surface area contributed by atoms with Gasteiger partial charge in [-0.3, -0.25) is 4.90 Å². The summed E-state index contributed by atoms with van der Waals surface area (Å²) in [5.41, 5.74) is 0. The van der Waals surface area contributed by atoms with E-state index in [9.17, 15) is 0 Å². The fourth-order valence-corrected chi connectivity index (χ4v) is 3.07. The topological polar surface area (TPSA) is 27.0 Å². The van der Waals surface area contributed by atoms with Crippen molar-refractivity contribution >= 4 is 0 Å². The number of rotatable bonds is 4. The zero-order valence-electron chi connectivity index (χ0n) is 10.7. The monoisotopic (exact) mass is 220 g/mol. The molecule has 90 valence electrons. The minimum Gasteiger partial charge on any atom is -0.296 e. The molecule has 2 nitrogen and oxygen atoms in total. The first-order chi connectivity index (χ1) is 7.72. The molecule has 2 rings (SSSR count). The zero-order valence-corrected chi connectivity index (χ0v) is 10.7. The van der Waals surface area contributed by atoms with Crippen LogP contribution in [0.2, 0.25) is 0 Å². The summed E-state index contributed by atoms with van der Waals surface area (Å²) in [6, 6.07) is 3.89. The van der Waals surface area contributed by atoms with Crippen LogP contribution in [0, 0.1) is 23.2 Å². The molecule has 0 saturated heterocycles. The van der Waals surface area contributed by atoms with Gasteiger partial charge in [-0.1, -0.05) is 13.8 Å². The maximum Gasteiger partial charge on any atom is 0.0635 e. The van der Waals surface area contributed by atoms with Crippen molar-refractivity contribution in [1.29, 1.82) is 5.26 Å². The van der Waals surface area contributed by atoms with E-state index < -0.39 is 0 Å². The Morgan fingerprint density at radius 3 is 2.31 bits per heavy atom. The van der Waals surface area contributed by atoms with Crippen LogP contribution in [-0.2, 0) is 0 Å². The largest absolute Gasteiger partial charge is 0.296 e. The minimum atomic E-state index is 0.705. The van der Waals surface area contributed by atoms with Crippen LogP contribution >= 0.6 is 0 Å². The molecule has 2 fully saturated rings. The average Bonchev–Trinajstić information content (AvgIpc) is 3.08. The van der Waals surface area contributed by atoms with Crippen molar-refractivity contribution in [2.24, 2.45) is 11.8 Å². The van der Waals surface area contributed by atoms with E-state index in [2.05, 4.69) is 24.8 Å². The highest BCUT2D eigenvalue weighted by Crippen LogP contribution is 2.37. The van der Waals surface area contributed by atoms with E-state index in [-0.39, 0.29) is 0 Å². The molecule has 0 aromatic heterocycles. The number of hydrogen-bond donors (Lipinski definition) is 0. The van der Waals surface area contributed by atoms with Gasteiger partial charge in [0.05, 0.1) is 6.07 Å². The molecule has 2 heteroatoms. The van der Waals surface area contributed by atoms with Gasteiger partial charge in [-0.25, -0.2) is 0 Å². The molecule has 2 aliphatic carbocycles. The fraction of sp³-hybridized carbons (Fsp3) is 0.929. The molecule has 3 unspecified atom stereocenters. The summed E-state index contributed by atoms with van der Waals surface area (Å²) in [6.45, 7) is 5.79. The van der Waals surface area contributed by atoms with Crippen LogP contribution in [0.1, 0.15) is 52.4 Å². The first-order valence-electron chi connectivity index (χ1n) is 6.85. The third-order valence-electron chi connectivity index (χ3n) is 4.54. The molecule has 0 aliphatic heterocycles. The van der Waals surface area contributed by atoms with Gasteiger partial charge in [0.1, 0.15) is 0 Å². The van der Waals surface area contributed by atoms with Crippen molar-refractivity contribution in [3.05, 3.63) is 0 Å². The van der Waals surface area contributed by atoms with Crippen LogP contribution in [0.25, 0.3) is 0 Å². The summed E-state index contributed by atoms with van der Waals surface area (Å²) in [5.74, 6) is 1.76. The molecule has 0 N–H and O–H groups in total. The molecule has 0 bridgehead atoms. The van der Waals surface area contributed by atoms with E-state index in [4.69, 9.17) is 5.26 Å². The highest BCUT2D eigenvalue weighted by molar-refractivity contribution is 4.92. The lowest BCUT2D eigenvalue weighted by Crippen LogP contribution is -2.42. The quantitative estimate of drug-likeness (QED) is 0.727. The van der Waals surface area contributed by atoms with E-state index in [1.807, 2.05) is 0 Å². The predicted molar refractivity (Wildman–Crippen MR) is 65.9 cm³/mol. The second-order valence-corrected chi connectivity index (χ2v) is 5.80. The first kappa shape index (κ1) is 11.9. The summed E-state index contributed by atoms with van der Waals surface area (Å²) in [6.07, 6.45) is 7.52. The lowest BCUT2D eigenvalue weighted by molar-refractivity contribution is 0.104. The Balaban J connectivity index is 1.90. The van der Waals surface area contributed by atoms with Crippen molar-refractivity contribution in [2.75, 3.05) is 6.54 Å². The van der Waals surface area contributed by atoms with Gasteiger partial charge in [0.2, 0.25) is 0 Å². The predicted octanol–water partition coefficient (Wildman–Crippen LogP) is 3.19. The summed E-state index contributed by atoms with van der Waals surface area (Å²) in [5, 5.41) is 8.73. The maximum absolute atomic E-state index is 8.73. The zero-order chi connectivity index (χ0) is 11.5. The second kappa shape index (κ2) is 5.19. The van der Waals surface area contributed by atoms with E-state index in [0.29, 0.717) is 6.42 Å². The SMILES string of the molecule is CC1CCC(N(CCC#N)C2CC2)CC1C. The van der Waals surface area contributed by atoms with Gasteiger partial charge >= 0.3 is 0 Å². The Morgan fingerprint density at radius 1 is 1.06 bits per heavy atom. The second-order valence-electron chi connectivity index (χ2n) is 5.80. The minimum absolute atomic E-state index is 0.705. The molecular weight excluding hydrogens is 196 g/mol.